The van der Waals surface area contributed by atoms with E-state index in [1.807, 2.05) is 30.5 Å². The molecular formula is C19H23N3O2. The summed E-state index contributed by atoms with van der Waals surface area (Å²) in [5.41, 5.74) is 1.54. The highest BCUT2D eigenvalue weighted by Crippen LogP contribution is 2.27. The smallest absolute Gasteiger partial charge is 0.253 e. The van der Waals surface area contributed by atoms with Crippen molar-refractivity contribution in [3.63, 3.8) is 0 Å². The van der Waals surface area contributed by atoms with E-state index in [1.165, 1.54) is 0 Å². The Hall–Kier alpha value is -2.30. The van der Waals surface area contributed by atoms with Crippen molar-refractivity contribution in [3.8, 4) is 0 Å². The Morgan fingerprint density at radius 3 is 2.71 bits per heavy atom. The maximum atomic E-state index is 12.7. The van der Waals surface area contributed by atoms with Gasteiger partial charge in [0.05, 0.1) is 11.1 Å². The number of benzene rings is 1. The summed E-state index contributed by atoms with van der Waals surface area (Å²) in [5, 5.41) is 7.26. The number of aromatic nitrogens is 1. The monoisotopic (exact) mass is 325 g/mol. The summed E-state index contributed by atoms with van der Waals surface area (Å²) in [7, 11) is 0. The molecule has 24 heavy (non-hydrogen) atoms. The predicted molar refractivity (Wildman–Crippen MR) is 92.7 cm³/mol. The lowest BCUT2D eigenvalue weighted by atomic mass is 9.85. The molecule has 2 amide bonds. The molecule has 1 aromatic carbocycles. The zero-order chi connectivity index (χ0) is 16.5. The van der Waals surface area contributed by atoms with Gasteiger partial charge in [-0.25, -0.2) is 0 Å². The molecule has 1 aromatic heterocycles. The zero-order valence-electron chi connectivity index (χ0n) is 13.7. The second kappa shape index (κ2) is 6.30. The Morgan fingerprint density at radius 1 is 1.00 bits per heavy atom. The fourth-order valence-electron chi connectivity index (χ4n) is 3.64. The third-order valence-electron chi connectivity index (χ3n) is 5.14. The molecule has 1 heterocycles. The quantitative estimate of drug-likeness (QED) is 0.808. The summed E-state index contributed by atoms with van der Waals surface area (Å²) in [6.07, 6.45) is 7.67. The van der Waals surface area contributed by atoms with Crippen LogP contribution in [0.4, 0.5) is 0 Å². The molecule has 5 nitrogen and oxygen atoms in total. The van der Waals surface area contributed by atoms with Crippen molar-refractivity contribution in [2.45, 2.75) is 50.6 Å². The number of rotatable bonds is 4. The average molecular weight is 325 g/mol. The SMILES string of the molecule is O=C(NC1CCCC(C(=O)NC2CC2)C1)c1cccc2cc[nH]c12. The van der Waals surface area contributed by atoms with Gasteiger partial charge in [0.15, 0.2) is 0 Å². The highest BCUT2D eigenvalue weighted by molar-refractivity contribution is 6.05. The van der Waals surface area contributed by atoms with E-state index in [2.05, 4.69) is 15.6 Å². The number of aromatic amines is 1. The van der Waals surface area contributed by atoms with Crippen molar-refractivity contribution < 1.29 is 9.59 Å². The van der Waals surface area contributed by atoms with Crippen LogP contribution >= 0.6 is 0 Å². The molecule has 2 aliphatic carbocycles. The van der Waals surface area contributed by atoms with E-state index in [9.17, 15) is 9.59 Å². The van der Waals surface area contributed by atoms with Crippen molar-refractivity contribution in [3.05, 3.63) is 36.0 Å². The molecular weight excluding hydrogens is 302 g/mol. The number of nitrogens with one attached hydrogen (secondary N) is 3. The number of fused-ring (bicyclic) bond motifs is 1. The number of carbonyl (C=O) groups is 2. The normalized spacial score (nSPS) is 23.8. The molecule has 5 heteroatoms. The molecule has 0 bridgehead atoms. The zero-order valence-corrected chi connectivity index (χ0v) is 13.7. The minimum atomic E-state index is -0.0590. The van der Waals surface area contributed by atoms with Crippen molar-refractivity contribution in [1.82, 2.24) is 15.6 Å². The summed E-state index contributed by atoms with van der Waals surface area (Å²) in [4.78, 5) is 28.1. The van der Waals surface area contributed by atoms with E-state index < -0.39 is 0 Å². The number of hydrogen-bond donors (Lipinski definition) is 3. The van der Waals surface area contributed by atoms with Crippen molar-refractivity contribution >= 4 is 22.7 Å². The molecule has 2 saturated carbocycles. The number of amides is 2. The fourth-order valence-corrected chi connectivity index (χ4v) is 3.64. The van der Waals surface area contributed by atoms with Crippen LogP contribution < -0.4 is 10.6 Å². The van der Waals surface area contributed by atoms with Crippen LogP contribution in [-0.2, 0) is 4.79 Å². The van der Waals surface area contributed by atoms with E-state index in [4.69, 9.17) is 0 Å². The third kappa shape index (κ3) is 3.16. The summed E-state index contributed by atoms with van der Waals surface area (Å²) >= 11 is 0. The van der Waals surface area contributed by atoms with Crippen molar-refractivity contribution in [2.75, 3.05) is 0 Å². The van der Waals surface area contributed by atoms with Gasteiger partial charge in [-0.2, -0.15) is 0 Å². The van der Waals surface area contributed by atoms with Gasteiger partial charge in [-0.1, -0.05) is 18.6 Å². The first kappa shape index (κ1) is 15.2. The van der Waals surface area contributed by atoms with Gasteiger partial charge < -0.3 is 15.6 Å². The molecule has 2 aliphatic rings. The van der Waals surface area contributed by atoms with Crippen LogP contribution in [0.3, 0.4) is 0 Å². The lowest BCUT2D eigenvalue weighted by Gasteiger charge is -2.29. The van der Waals surface area contributed by atoms with E-state index >= 15 is 0 Å². The van der Waals surface area contributed by atoms with Crippen LogP contribution in [0.2, 0.25) is 0 Å². The summed E-state index contributed by atoms with van der Waals surface area (Å²) in [6.45, 7) is 0. The van der Waals surface area contributed by atoms with Gasteiger partial charge in [-0.15, -0.1) is 0 Å². The summed E-state index contributed by atoms with van der Waals surface area (Å²) in [6, 6.07) is 8.17. The minimum Gasteiger partial charge on any atom is -0.361 e. The molecule has 0 radical (unpaired) electrons. The Kier molecular flexibility index (Phi) is 4.00. The van der Waals surface area contributed by atoms with Crippen LogP contribution in [0.25, 0.3) is 10.9 Å². The maximum absolute atomic E-state index is 12.7. The standard InChI is InChI=1S/C19H23N3O2/c23-18(21-14-7-8-14)13-4-1-5-15(11-13)22-19(24)16-6-2-3-12-9-10-20-17(12)16/h2-3,6,9-10,13-15,20H,1,4-5,7-8,11H2,(H,21,23)(H,22,24). The Morgan fingerprint density at radius 2 is 1.88 bits per heavy atom. The first-order valence-electron chi connectivity index (χ1n) is 8.88. The van der Waals surface area contributed by atoms with Gasteiger partial charge >= 0.3 is 0 Å². The third-order valence-corrected chi connectivity index (χ3v) is 5.14. The van der Waals surface area contributed by atoms with E-state index in [0.717, 1.165) is 49.4 Å². The maximum Gasteiger partial charge on any atom is 0.253 e. The molecule has 2 fully saturated rings. The van der Waals surface area contributed by atoms with Gasteiger partial charge in [-0.3, -0.25) is 9.59 Å². The molecule has 126 valence electrons. The molecule has 2 unspecified atom stereocenters. The van der Waals surface area contributed by atoms with Crippen LogP contribution in [-0.4, -0.2) is 28.9 Å². The number of carbonyl (C=O) groups excluding carboxylic acids is 2. The molecule has 0 saturated heterocycles. The lowest BCUT2D eigenvalue weighted by Crippen LogP contribution is -2.42. The van der Waals surface area contributed by atoms with E-state index in [0.29, 0.717) is 11.6 Å². The Balaban J connectivity index is 1.41. The van der Waals surface area contributed by atoms with Crippen molar-refractivity contribution in [2.24, 2.45) is 5.92 Å². The topological polar surface area (TPSA) is 74.0 Å². The van der Waals surface area contributed by atoms with Crippen molar-refractivity contribution in [1.29, 1.82) is 0 Å². The van der Waals surface area contributed by atoms with Gasteiger partial charge in [0.2, 0.25) is 5.91 Å². The second-order valence-electron chi connectivity index (χ2n) is 7.06. The Bertz CT molecular complexity index is 763. The lowest BCUT2D eigenvalue weighted by molar-refractivity contribution is -0.126. The number of H-pyrrole nitrogens is 1. The van der Waals surface area contributed by atoms with Gasteiger partial charge in [0.25, 0.3) is 5.91 Å². The first-order chi connectivity index (χ1) is 11.7. The fraction of sp³-hybridized carbons (Fsp3) is 0.474. The summed E-state index contributed by atoms with van der Waals surface area (Å²) in [5.74, 6) is 0.144. The molecule has 4 rings (SSSR count). The number of hydrogen-bond acceptors (Lipinski definition) is 2. The first-order valence-corrected chi connectivity index (χ1v) is 8.88. The molecule has 3 N–H and O–H groups in total. The number of para-hydroxylation sites is 1. The van der Waals surface area contributed by atoms with Crippen LogP contribution in [0.5, 0.6) is 0 Å². The minimum absolute atomic E-state index is 0.0333. The Labute approximate surface area is 141 Å². The van der Waals surface area contributed by atoms with Crippen LogP contribution in [0.15, 0.2) is 30.5 Å². The molecule has 0 aliphatic heterocycles. The second-order valence-corrected chi connectivity index (χ2v) is 7.06. The van der Waals surface area contributed by atoms with Gasteiger partial charge in [-0.05, 0) is 44.2 Å². The largest absolute Gasteiger partial charge is 0.361 e. The van der Waals surface area contributed by atoms with E-state index in [-0.39, 0.29) is 23.8 Å². The molecule has 0 spiro atoms. The van der Waals surface area contributed by atoms with E-state index in [1.54, 1.807) is 0 Å². The highest BCUT2D eigenvalue weighted by Gasteiger charge is 2.31. The molecule has 2 atom stereocenters. The van der Waals surface area contributed by atoms with Crippen LogP contribution in [0.1, 0.15) is 48.9 Å². The van der Waals surface area contributed by atoms with Gasteiger partial charge in [0, 0.05) is 29.6 Å². The highest BCUT2D eigenvalue weighted by atomic mass is 16.2. The average Bonchev–Trinajstić information content (AvgIpc) is 3.27. The predicted octanol–water partition coefficient (Wildman–Crippen LogP) is 2.74. The molecule has 2 aromatic rings. The van der Waals surface area contributed by atoms with Crippen LogP contribution in [0, 0.1) is 5.92 Å². The van der Waals surface area contributed by atoms with Gasteiger partial charge in [0.1, 0.15) is 0 Å². The summed E-state index contributed by atoms with van der Waals surface area (Å²) < 4.78 is 0.